The number of likely N-dealkylation sites (tertiary alicyclic amines) is 1. The zero-order chi connectivity index (χ0) is 15.5. The van der Waals surface area contributed by atoms with Gasteiger partial charge in [0.25, 0.3) is 0 Å². The molecule has 116 valence electrons. The van der Waals surface area contributed by atoms with E-state index in [1.807, 2.05) is 29.2 Å². The summed E-state index contributed by atoms with van der Waals surface area (Å²) < 4.78 is 0. The summed E-state index contributed by atoms with van der Waals surface area (Å²) >= 11 is 1.51. The number of piperidine rings is 1. The number of carbonyl (C=O) groups excluding carboxylic acids is 1. The van der Waals surface area contributed by atoms with Gasteiger partial charge in [-0.25, -0.2) is 9.97 Å². The molecule has 0 saturated carbocycles. The molecule has 0 aliphatic carbocycles. The van der Waals surface area contributed by atoms with Crippen LogP contribution in [0, 0.1) is 11.8 Å². The number of fused-ring (bicyclic) bond motifs is 1. The van der Waals surface area contributed by atoms with Crippen LogP contribution in [0.25, 0.3) is 10.9 Å². The first-order valence-corrected chi connectivity index (χ1v) is 8.72. The van der Waals surface area contributed by atoms with Gasteiger partial charge in [0.2, 0.25) is 5.91 Å². The minimum atomic E-state index is 0.214. The maximum Gasteiger partial charge on any atom is 0.233 e. The van der Waals surface area contributed by atoms with Crippen molar-refractivity contribution in [3.8, 4) is 0 Å². The predicted octanol–water partition coefficient (Wildman–Crippen LogP) is 3.23. The maximum atomic E-state index is 12.5. The first kappa shape index (κ1) is 15.3. The number of hydrogen-bond donors (Lipinski definition) is 0. The highest BCUT2D eigenvalue weighted by Crippen LogP contribution is 2.26. The third-order valence-electron chi connectivity index (χ3n) is 4.06. The second-order valence-electron chi connectivity index (χ2n) is 6.23. The lowest BCUT2D eigenvalue weighted by molar-refractivity contribution is -0.130. The average molecular weight is 315 g/mol. The molecule has 4 nitrogen and oxygen atoms in total. The molecular weight excluding hydrogens is 294 g/mol. The van der Waals surface area contributed by atoms with Crippen molar-refractivity contribution in [3.63, 3.8) is 0 Å². The van der Waals surface area contributed by atoms with Gasteiger partial charge in [0.15, 0.2) is 0 Å². The summed E-state index contributed by atoms with van der Waals surface area (Å²) in [6, 6.07) is 7.92. The Bertz CT molecular complexity index is 661. The number of hydrogen-bond acceptors (Lipinski definition) is 4. The summed E-state index contributed by atoms with van der Waals surface area (Å²) in [7, 11) is 0. The Labute approximate surface area is 135 Å². The van der Waals surface area contributed by atoms with Crippen molar-refractivity contribution in [3.05, 3.63) is 30.6 Å². The van der Waals surface area contributed by atoms with Crippen molar-refractivity contribution in [1.82, 2.24) is 14.9 Å². The van der Waals surface area contributed by atoms with Gasteiger partial charge in [-0.1, -0.05) is 43.8 Å². The Kier molecular flexibility index (Phi) is 4.62. The first-order chi connectivity index (χ1) is 10.6. The Balaban J connectivity index is 1.67. The molecule has 0 spiro atoms. The highest BCUT2D eigenvalue weighted by molar-refractivity contribution is 8.00. The Morgan fingerprint density at radius 2 is 1.95 bits per heavy atom. The van der Waals surface area contributed by atoms with Gasteiger partial charge in [-0.15, -0.1) is 0 Å². The Morgan fingerprint density at radius 1 is 1.23 bits per heavy atom. The number of benzene rings is 1. The molecule has 1 aromatic carbocycles. The van der Waals surface area contributed by atoms with Crippen LogP contribution in [0.15, 0.2) is 35.6 Å². The number of para-hydroxylation sites is 1. The number of thioether (sulfide) groups is 1. The van der Waals surface area contributed by atoms with Crippen LogP contribution in [0.5, 0.6) is 0 Å². The van der Waals surface area contributed by atoms with Crippen LogP contribution in [0.4, 0.5) is 0 Å². The molecule has 1 aromatic heterocycles. The van der Waals surface area contributed by atoms with Crippen LogP contribution in [-0.4, -0.2) is 39.6 Å². The average Bonchev–Trinajstić information content (AvgIpc) is 2.51. The molecule has 5 heteroatoms. The first-order valence-electron chi connectivity index (χ1n) is 7.74. The number of rotatable bonds is 3. The normalized spacial score (nSPS) is 22.0. The molecule has 0 N–H and O–H groups in total. The summed E-state index contributed by atoms with van der Waals surface area (Å²) in [6.45, 7) is 6.21. The van der Waals surface area contributed by atoms with Crippen LogP contribution in [0.2, 0.25) is 0 Å². The monoisotopic (exact) mass is 315 g/mol. The van der Waals surface area contributed by atoms with Crippen LogP contribution in [0.3, 0.4) is 0 Å². The molecule has 1 aliphatic heterocycles. The number of amides is 1. The summed E-state index contributed by atoms with van der Waals surface area (Å²) in [6.07, 6.45) is 2.79. The minimum Gasteiger partial charge on any atom is -0.341 e. The summed E-state index contributed by atoms with van der Waals surface area (Å²) in [5, 5.41) is 1.90. The molecule has 0 unspecified atom stereocenters. The van der Waals surface area contributed by atoms with E-state index in [0.717, 1.165) is 29.0 Å². The molecule has 1 aliphatic rings. The second-order valence-corrected chi connectivity index (χ2v) is 7.19. The molecule has 0 bridgehead atoms. The third-order valence-corrected chi connectivity index (χ3v) is 5.05. The standard InChI is InChI=1S/C17H21N3OS/c1-12-7-13(2)9-20(8-12)16(21)10-22-17-14-5-3-4-6-15(14)18-11-19-17/h3-6,11-13H,7-10H2,1-2H3/t12-,13+. The molecule has 2 heterocycles. The van der Waals surface area contributed by atoms with E-state index < -0.39 is 0 Å². The van der Waals surface area contributed by atoms with Gasteiger partial charge in [0, 0.05) is 18.5 Å². The maximum absolute atomic E-state index is 12.5. The van der Waals surface area contributed by atoms with Crippen molar-refractivity contribution < 1.29 is 4.79 Å². The lowest BCUT2D eigenvalue weighted by atomic mass is 9.92. The van der Waals surface area contributed by atoms with E-state index >= 15 is 0 Å². The zero-order valence-electron chi connectivity index (χ0n) is 13.0. The van der Waals surface area contributed by atoms with Crippen molar-refractivity contribution in [2.45, 2.75) is 25.3 Å². The quantitative estimate of drug-likeness (QED) is 0.644. The largest absolute Gasteiger partial charge is 0.341 e. The zero-order valence-corrected chi connectivity index (χ0v) is 13.8. The van der Waals surface area contributed by atoms with Gasteiger partial charge in [-0.2, -0.15) is 0 Å². The lowest BCUT2D eigenvalue weighted by Gasteiger charge is -2.35. The van der Waals surface area contributed by atoms with Crippen molar-refractivity contribution in [2.75, 3.05) is 18.8 Å². The fourth-order valence-corrected chi connectivity index (χ4v) is 4.08. The summed E-state index contributed by atoms with van der Waals surface area (Å²) in [5.74, 6) is 1.85. The number of nitrogens with zero attached hydrogens (tertiary/aromatic N) is 3. The van der Waals surface area contributed by atoms with Crippen LogP contribution in [-0.2, 0) is 4.79 Å². The summed E-state index contributed by atoms with van der Waals surface area (Å²) in [4.78, 5) is 23.1. The van der Waals surface area contributed by atoms with Crippen LogP contribution < -0.4 is 0 Å². The lowest BCUT2D eigenvalue weighted by Crippen LogP contribution is -2.43. The molecule has 2 atom stereocenters. The van der Waals surface area contributed by atoms with Crippen molar-refractivity contribution in [2.24, 2.45) is 11.8 Å². The summed E-state index contributed by atoms with van der Waals surface area (Å²) in [5.41, 5.74) is 0.924. The topological polar surface area (TPSA) is 46.1 Å². The van der Waals surface area contributed by atoms with Crippen LogP contribution >= 0.6 is 11.8 Å². The van der Waals surface area contributed by atoms with Gasteiger partial charge in [-0.3, -0.25) is 4.79 Å². The van der Waals surface area contributed by atoms with E-state index in [0.29, 0.717) is 17.6 Å². The molecule has 22 heavy (non-hydrogen) atoms. The van der Waals surface area contributed by atoms with E-state index in [2.05, 4.69) is 23.8 Å². The smallest absolute Gasteiger partial charge is 0.233 e. The van der Waals surface area contributed by atoms with Gasteiger partial charge < -0.3 is 4.90 Å². The Morgan fingerprint density at radius 3 is 2.73 bits per heavy atom. The van der Waals surface area contributed by atoms with E-state index in [-0.39, 0.29) is 5.91 Å². The molecular formula is C17H21N3OS. The molecule has 2 aromatic rings. The molecule has 3 rings (SSSR count). The highest BCUT2D eigenvalue weighted by atomic mass is 32.2. The van der Waals surface area contributed by atoms with Crippen molar-refractivity contribution in [1.29, 1.82) is 0 Å². The van der Waals surface area contributed by atoms with E-state index in [1.165, 1.54) is 18.2 Å². The van der Waals surface area contributed by atoms with Crippen LogP contribution in [0.1, 0.15) is 20.3 Å². The van der Waals surface area contributed by atoms with Gasteiger partial charge in [0.05, 0.1) is 11.3 Å². The molecule has 1 saturated heterocycles. The van der Waals surface area contributed by atoms with E-state index in [1.54, 1.807) is 6.33 Å². The number of carbonyl (C=O) groups is 1. The second kappa shape index (κ2) is 6.65. The fraction of sp³-hybridized carbons (Fsp3) is 0.471. The predicted molar refractivity (Wildman–Crippen MR) is 89.8 cm³/mol. The molecule has 1 fully saturated rings. The van der Waals surface area contributed by atoms with E-state index in [9.17, 15) is 4.79 Å². The van der Waals surface area contributed by atoms with E-state index in [4.69, 9.17) is 0 Å². The molecule has 1 amide bonds. The molecule has 0 radical (unpaired) electrons. The Hall–Kier alpha value is -1.62. The number of aromatic nitrogens is 2. The van der Waals surface area contributed by atoms with Gasteiger partial charge >= 0.3 is 0 Å². The van der Waals surface area contributed by atoms with Crippen molar-refractivity contribution >= 4 is 28.6 Å². The third kappa shape index (κ3) is 3.40. The fourth-order valence-electron chi connectivity index (χ4n) is 3.18. The SMILES string of the molecule is C[C@@H]1C[C@H](C)CN(C(=O)CSc2ncnc3ccccc23)C1. The highest BCUT2D eigenvalue weighted by Gasteiger charge is 2.25. The minimum absolute atomic E-state index is 0.214. The van der Waals surface area contributed by atoms with Gasteiger partial charge in [-0.05, 0) is 24.3 Å². The van der Waals surface area contributed by atoms with Gasteiger partial charge in [0.1, 0.15) is 11.4 Å².